The van der Waals surface area contributed by atoms with E-state index < -0.39 is 0 Å². The summed E-state index contributed by atoms with van der Waals surface area (Å²) in [7, 11) is 1.86. The van der Waals surface area contributed by atoms with Gasteiger partial charge in [0.25, 0.3) is 0 Å². The molecule has 0 fully saturated rings. The molecule has 0 atom stereocenters. The van der Waals surface area contributed by atoms with Gasteiger partial charge in [0.15, 0.2) is 5.82 Å². The van der Waals surface area contributed by atoms with Gasteiger partial charge in [-0.3, -0.25) is 4.68 Å². The summed E-state index contributed by atoms with van der Waals surface area (Å²) < 4.78 is 2.71. The average Bonchev–Trinajstić information content (AvgIpc) is 2.67. The van der Waals surface area contributed by atoms with Gasteiger partial charge >= 0.3 is 0 Å². The van der Waals surface area contributed by atoms with Crippen molar-refractivity contribution in [2.24, 2.45) is 7.05 Å². The van der Waals surface area contributed by atoms with Gasteiger partial charge in [-0.1, -0.05) is 0 Å². The van der Waals surface area contributed by atoms with Crippen LogP contribution in [0.3, 0.4) is 0 Å². The molecule has 1 N–H and O–H groups in total. The summed E-state index contributed by atoms with van der Waals surface area (Å²) in [5, 5.41) is 7.42. The van der Waals surface area contributed by atoms with E-state index in [0.29, 0.717) is 0 Å². The first-order valence-electron chi connectivity index (χ1n) is 4.79. The largest absolute Gasteiger partial charge is 0.369 e. The van der Waals surface area contributed by atoms with E-state index in [1.807, 2.05) is 7.05 Å². The van der Waals surface area contributed by atoms with Crippen molar-refractivity contribution in [1.82, 2.24) is 24.7 Å². The molecule has 2 aromatic heterocycles. The Morgan fingerprint density at radius 1 is 1.44 bits per heavy atom. The van der Waals surface area contributed by atoms with Gasteiger partial charge < -0.3 is 5.32 Å². The first-order chi connectivity index (χ1) is 7.75. The van der Waals surface area contributed by atoms with Crippen LogP contribution in [0, 0.1) is 3.57 Å². The van der Waals surface area contributed by atoms with Crippen LogP contribution >= 0.6 is 22.6 Å². The fourth-order valence-corrected chi connectivity index (χ4v) is 1.72. The van der Waals surface area contributed by atoms with E-state index in [1.165, 1.54) is 6.33 Å². The molecule has 2 aromatic rings. The molecule has 0 saturated carbocycles. The summed E-state index contributed by atoms with van der Waals surface area (Å²) in [6.07, 6.45) is 5.78. The smallest absolute Gasteiger partial charge is 0.152 e. The van der Waals surface area contributed by atoms with Crippen molar-refractivity contribution in [3.8, 4) is 0 Å². The van der Waals surface area contributed by atoms with Crippen LogP contribution in [0.5, 0.6) is 0 Å². The number of hydrogen-bond donors (Lipinski definition) is 1. The van der Waals surface area contributed by atoms with Gasteiger partial charge in [0, 0.05) is 26.2 Å². The van der Waals surface area contributed by atoms with Crippen molar-refractivity contribution in [3.05, 3.63) is 28.2 Å². The predicted octanol–water partition coefficient (Wildman–Crippen LogP) is 0.864. The van der Waals surface area contributed by atoms with Crippen molar-refractivity contribution in [3.63, 3.8) is 0 Å². The number of rotatable bonds is 4. The molecule has 84 valence electrons. The number of nitrogens with zero attached hydrogens (tertiary/aromatic N) is 5. The van der Waals surface area contributed by atoms with Crippen LogP contribution in [0.25, 0.3) is 0 Å². The topological polar surface area (TPSA) is 68.5 Å². The van der Waals surface area contributed by atoms with Crippen molar-refractivity contribution in [2.45, 2.75) is 6.42 Å². The van der Waals surface area contributed by atoms with Crippen molar-refractivity contribution < 1.29 is 0 Å². The number of aryl methyl sites for hydroxylation is 1. The molecule has 0 amide bonds. The molecule has 0 spiro atoms. The first-order valence-corrected chi connectivity index (χ1v) is 5.87. The molecular formula is C9H11IN6. The zero-order valence-electron chi connectivity index (χ0n) is 8.76. The Balaban J connectivity index is 1.87. The molecule has 0 aliphatic carbocycles. The maximum Gasteiger partial charge on any atom is 0.152 e. The fourth-order valence-electron chi connectivity index (χ4n) is 1.23. The Labute approximate surface area is 107 Å². The van der Waals surface area contributed by atoms with Crippen molar-refractivity contribution >= 4 is 28.4 Å². The Hall–Kier alpha value is -1.25. The lowest BCUT2D eigenvalue weighted by Crippen LogP contribution is -2.09. The van der Waals surface area contributed by atoms with Gasteiger partial charge in [0.05, 0.1) is 3.57 Å². The molecule has 0 unspecified atom stereocenters. The van der Waals surface area contributed by atoms with Crippen LogP contribution in [0.4, 0.5) is 5.82 Å². The van der Waals surface area contributed by atoms with E-state index in [4.69, 9.17) is 0 Å². The zero-order valence-corrected chi connectivity index (χ0v) is 10.9. The molecule has 2 rings (SSSR count). The van der Waals surface area contributed by atoms with E-state index in [-0.39, 0.29) is 0 Å². The third kappa shape index (κ3) is 2.87. The zero-order chi connectivity index (χ0) is 11.4. The van der Waals surface area contributed by atoms with Gasteiger partial charge in [0.2, 0.25) is 0 Å². The van der Waals surface area contributed by atoms with Crippen LogP contribution in [-0.2, 0) is 13.5 Å². The normalized spacial score (nSPS) is 10.4. The monoisotopic (exact) mass is 330 g/mol. The molecule has 16 heavy (non-hydrogen) atoms. The molecule has 0 aliphatic heterocycles. The maximum atomic E-state index is 4.20. The third-order valence-corrected chi connectivity index (χ3v) is 2.75. The van der Waals surface area contributed by atoms with Crippen LogP contribution < -0.4 is 5.32 Å². The lowest BCUT2D eigenvalue weighted by atomic mass is 10.4. The van der Waals surface area contributed by atoms with Gasteiger partial charge in [0.1, 0.15) is 18.5 Å². The lowest BCUT2D eigenvalue weighted by molar-refractivity contribution is 0.741. The molecule has 0 aliphatic rings. The second-order valence-corrected chi connectivity index (χ2v) is 4.39. The first kappa shape index (κ1) is 11.2. The third-order valence-electron chi connectivity index (χ3n) is 1.96. The molecule has 0 aromatic carbocycles. The van der Waals surface area contributed by atoms with Crippen LogP contribution in [0.1, 0.15) is 5.82 Å². The van der Waals surface area contributed by atoms with E-state index in [9.17, 15) is 0 Å². The average molecular weight is 330 g/mol. The summed E-state index contributed by atoms with van der Waals surface area (Å²) in [6.45, 7) is 0.761. The van der Waals surface area contributed by atoms with Crippen molar-refractivity contribution in [2.75, 3.05) is 11.9 Å². The van der Waals surface area contributed by atoms with E-state index in [1.54, 1.807) is 17.2 Å². The Bertz CT molecular complexity index is 469. The molecule has 0 bridgehead atoms. The van der Waals surface area contributed by atoms with Crippen LogP contribution in [-0.4, -0.2) is 31.3 Å². The SMILES string of the molecule is Cn1cnc(CCNc2ncncc2I)n1. The van der Waals surface area contributed by atoms with E-state index in [2.05, 4.69) is 48.0 Å². The summed E-state index contributed by atoms with van der Waals surface area (Å²) in [6, 6.07) is 0. The summed E-state index contributed by atoms with van der Waals surface area (Å²) in [4.78, 5) is 12.2. The summed E-state index contributed by atoms with van der Waals surface area (Å²) in [5.74, 6) is 1.69. The number of nitrogens with one attached hydrogen (secondary N) is 1. The van der Waals surface area contributed by atoms with Crippen LogP contribution in [0.15, 0.2) is 18.9 Å². The van der Waals surface area contributed by atoms with Gasteiger partial charge in [-0.05, 0) is 22.6 Å². The molecule has 7 heteroatoms. The molecular weight excluding hydrogens is 319 g/mol. The minimum atomic E-state index is 0.761. The van der Waals surface area contributed by atoms with E-state index >= 15 is 0 Å². The van der Waals surface area contributed by atoms with Gasteiger partial charge in [-0.25, -0.2) is 15.0 Å². The molecule has 0 saturated heterocycles. The van der Waals surface area contributed by atoms with Gasteiger partial charge in [-0.15, -0.1) is 0 Å². The second kappa shape index (κ2) is 5.19. The fraction of sp³-hybridized carbons (Fsp3) is 0.333. The highest BCUT2D eigenvalue weighted by molar-refractivity contribution is 14.1. The second-order valence-electron chi connectivity index (χ2n) is 3.23. The Morgan fingerprint density at radius 2 is 2.31 bits per heavy atom. The quantitative estimate of drug-likeness (QED) is 0.843. The highest BCUT2D eigenvalue weighted by Crippen LogP contribution is 2.11. The number of hydrogen-bond acceptors (Lipinski definition) is 5. The summed E-state index contributed by atoms with van der Waals surface area (Å²) in [5.41, 5.74) is 0. The van der Waals surface area contributed by atoms with Gasteiger partial charge in [-0.2, -0.15) is 5.10 Å². The highest BCUT2D eigenvalue weighted by Gasteiger charge is 2.01. The standard InChI is InChI=1S/C9H11IN6/c1-16-6-14-8(15-16)2-3-12-9-7(10)4-11-5-13-9/h4-6H,2-3H2,1H3,(H,11,12,13). The minimum absolute atomic E-state index is 0.761. The number of halogens is 1. The highest BCUT2D eigenvalue weighted by atomic mass is 127. The Morgan fingerprint density at radius 3 is 3.00 bits per heavy atom. The Kier molecular flexibility index (Phi) is 3.65. The lowest BCUT2D eigenvalue weighted by Gasteiger charge is -2.04. The predicted molar refractivity (Wildman–Crippen MR) is 67.9 cm³/mol. The number of anilines is 1. The maximum absolute atomic E-state index is 4.20. The van der Waals surface area contributed by atoms with Crippen molar-refractivity contribution in [1.29, 1.82) is 0 Å². The van der Waals surface area contributed by atoms with E-state index in [0.717, 1.165) is 28.2 Å². The molecule has 2 heterocycles. The number of aromatic nitrogens is 5. The van der Waals surface area contributed by atoms with Crippen LogP contribution in [0.2, 0.25) is 0 Å². The minimum Gasteiger partial charge on any atom is -0.369 e. The molecule has 0 radical (unpaired) electrons. The molecule has 6 nitrogen and oxygen atoms in total. The summed E-state index contributed by atoms with van der Waals surface area (Å²) >= 11 is 2.20.